The van der Waals surface area contributed by atoms with Crippen molar-refractivity contribution in [3.63, 3.8) is 0 Å². The lowest BCUT2D eigenvalue weighted by molar-refractivity contribution is 0.988. The minimum Gasteiger partial charge on any atom is -0.316 e. The van der Waals surface area contributed by atoms with Crippen LogP contribution in [0.5, 0.6) is 0 Å². The molecule has 0 bridgehead atoms. The van der Waals surface area contributed by atoms with Gasteiger partial charge in [0.2, 0.25) is 0 Å². The maximum absolute atomic E-state index is 2.46. The van der Waals surface area contributed by atoms with Gasteiger partial charge in [0.25, 0.3) is 0 Å². The average Bonchev–Trinajstić information content (AvgIpc) is 3.84. The van der Waals surface area contributed by atoms with Crippen LogP contribution in [0, 0.1) is 0 Å². The summed E-state index contributed by atoms with van der Waals surface area (Å²) in [5.41, 5.74) is 24.3. The first-order valence-corrected chi connectivity index (χ1v) is 24.8. The summed E-state index contributed by atoms with van der Waals surface area (Å²) in [5.74, 6) is 0. The zero-order valence-corrected chi connectivity index (χ0v) is 39.3. The molecule has 0 fully saturated rings. The normalized spacial score (nSPS) is 12.1. The number of benzene rings is 11. The first-order chi connectivity index (χ1) is 35.2. The molecule has 1 heteroatoms. The molecule has 1 nitrogen and oxygen atoms in total. The third kappa shape index (κ3) is 7.88. The molecular formula is C70H49N. The first kappa shape index (κ1) is 42.1. The molecule has 1 aromatic heterocycles. The largest absolute Gasteiger partial charge is 0.316 e. The van der Waals surface area contributed by atoms with Crippen LogP contribution in [0.3, 0.4) is 0 Å². The Labute approximate surface area is 415 Å². The molecular weight excluding hydrogens is 855 g/mol. The lowest BCUT2D eigenvalue weighted by Gasteiger charge is -2.19. The summed E-state index contributed by atoms with van der Waals surface area (Å²) in [4.78, 5) is 0. The monoisotopic (exact) mass is 903 g/mol. The smallest absolute Gasteiger partial charge is 0.0535 e. The average molecular weight is 904 g/mol. The molecule has 0 unspecified atom stereocenters. The lowest BCUT2D eigenvalue weighted by atomic mass is 9.87. The quantitative estimate of drug-likeness (QED) is 0.136. The molecule has 1 aliphatic rings. The Morgan fingerprint density at radius 2 is 0.845 bits per heavy atom. The van der Waals surface area contributed by atoms with Gasteiger partial charge in [0, 0.05) is 22.8 Å². The van der Waals surface area contributed by atoms with Crippen LogP contribution < -0.4 is 0 Å². The summed E-state index contributed by atoms with van der Waals surface area (Å²) in [6.07, 6.45) is 9.08. The third-order valence-electron chi connectivity index (χ3n) is 14.5. The van der Waals surface area contributed by atoms with Crippen LogP contribution in [0.1, 0.15) is 17.5 Å². The van der Waals surface area contributed by atoms with Crippen molar-refractivity contribution in [1.29, 1.82) is 0 Å². The van der Waals surface area contributed by atoms with Crippen LogP contribution in [0.2, 0.25) is 0 Å². The highest BCUT2D eigenvalue weighted by molar-refractivity contribution is 6.05. The molecule has 0 spiro atoms. The molecule has 0 N–H and O–H groups in total. The van der Waals surface area contributed by atoms with Crippen LogP contribution in [-0.2, 0) is 6.42 Å². The fourth-order valence-electron chi connectivity index (χ4n) is 11.0. The van der Waals surface area contributed by atoms with Crippen molar-refractivity contribution in [2.24, 2.45) is 0 Å². The fourth-order valence-corrected chi connectivity index (χ4v) is 11.0. The van der Waals surface area contributed by atoms with Gasteiger partial charge in [-0.3, -0.25) is 0 Å². The molecule has 1 heterocycles. The molecule has 0 saturated heterocycles. The summed E-state index contributed by atoms with van der Waals surface area (Å²) in [6, 6.07) is 93.9. The fraction of sp³-hybridized carbons (Fsp3) is 0.0286. The highest BCUT2D eigenvalue weighted by Crippen LogP contribution is 2.45. The second-order valence-electron chi connectivity index (χ2n) is 18.7. The minimum absolute atomic E-state index is 1.02. The molecule has 12 aromatic rings. The van der Waals surface area contributed by atoms with Crippen LogP contribution in [0.25, 0.3) is 122 Å². The second kappa shape index (κ2) is 18.1. The number of rotatable bonds is 9. The lowest BCUT2D eigenvalue weighted by Crippen LogP contribution is -1.99. The van der Waals surface area contributed by atoms with E-state index in [1.807, 2.05) is 0 Å². The Hall–Kier alpha value is -9.04. The Bertz CT molecular complexity index is 3950. The number of aromatic nitrogens is 1. The molecule has 71 heavy (non-hydrogen) atoms. The van der Waals surface area contributed by atoms with E-state index in [4.69, 9.17) is 0 Å². The molecule has 0 radical (unpaired) electrons. The SMILES string of the molecule is C1=Cc2cccc(-c3cc(-c4cccc5ccccc45)cc(-n4cc(-c5ccc(-c6ccccc6)cc5-c5ccccc5)c5cc(-c6ccc(-c7ccccc7)cc6-c6ccccc6)ccc54)c3)c2CC1. The van der Waals surface area contributed by atoms with E-state index in [1.54, 1.807) is 0 Å². The molecule has 13 rings (SSSR count). The number of allylic oxidation sites excluding steroid dienone is 1. The summed E-state index contributed by atoms with van der Waals surface area (Å²) in [6.45, 7) is 0. The van der Waals surface area contributed by atoms with Gasteiger partial charge >= 0.3 is 0 Å². The zero-order valence-electron chi connectivity index (χ0n) is 39.3. The summed E-state index contributed by atoms with van der Waals surface area (Å²) in [5, 5.41) is 3.68. The van der Waals surface area contributed by atoms with Gasteiger partial charge in [-0.15, -0.1) is 0 Å². The Kier molecular flexibility index (Phi) is 10.7. The van der Waals surface area contributed by atoms with E-state index in [0.29, 0.717) is 0 Å². The molecule has 0 aliphatic heterocycles. The van der Waals surface area contributed by atoms with E-state index in [-0.39, 0.29) is 0 Å². The van der Waals surface area contributed by atoms with Gasteiger partial charge < -0.3 is 4.57 Å². The highest BCUT2D eigenvalue weighted by atomic mass is 15.0. The van der Waals surface area contributed by atoms with E-state index in [1.165, 1.54) is 116 Å². The molecule has 0 saturated carbocycles. The van der Waals surface area contributed by atoms with Crippen LogP contribution >= 0.6 is 0 Å². The Morgan fingerprint density at radius 1 is 0.296 bits per heavy atom. The number of hydrogen-bond donors (Lipinski definition) is 0. The number of nitrogens with zero attached hydrogens (tertiary/aromatic N) is 1. The van der Waals surface area contributed by atoms with Crippen molar-refractivity contribution in [1.82, 2.24) is 4.57 Å². The molecule has 11 aromatic carbocycles. The van der Waals surface area contributed by atoms with Crippen molar-refractivity contribution in [2.75, 3.05) is 0 Å². The number of fused-ring (bicyclic) bond motifs is 3. The van der Waals surface area contributed by atoms with Gasteiger partial charge in [-0.05, 0) is 161 Å². The van der Waals surface area contributed by atoms with Gasteiger partial charge in [-0.2, -0.15) is 0 Å². The highest BCUT2D eigenvalue weighted by Gasteiger charge is 2.21. The predicted octanol–water partition coefficient (Wildman–Crippen LogP) is 19.1. The van der Waals surface area contributed by atoms with Crippen molar-refractivity contribution < 1.29 is 0 Å². The van der Waals surface area contributed by atoms with Crippen molar-refractivity contribution in [2.45, 2.75) is 12.8 Å². The molecule has 1 aliphatic carbocycles. The van der Waals surface area contributed by atoms with Gasteiger partial charge in [-0.25, -0.2) is 0 Å². The second-order valence-corrected chi connectivity index (χ2v) is 18.7. The molecule has 0 amide bonds. The number of hydrogen-bond acceptors (Lipinski definition) is 0. The van der Waals surface area contributed by atoms with E-state index < -0.39 is 0 Å². The molecule has 0 atom stereocenters. The van der Waals surface area contributed by atoms with Crippen molar-refractivity contribution in [3.8, 4) is 94.7 Å². The Balaban J connectivity index is 1.08. The van der Waals surface area contributed by atoms with E-state index in [9.17, 15) is 0 Å². The van der Waals surface area contributed by atoms with Crippen LogP contribution in [0.4, 0.5) is 0 Å². The van der Waals surface area contributed by atoms with E-state index >= 15 is 0 Å². The standard InChI is InChI=1S/C70H49N/c1-5-19-48(20-6-1)54-35-38-64(66(44-54)52-23-9-3-10-24-52)56-37-40-70-68(46-56)69(65-39-36-55(49-21-7-2-8-22-49)45-67(65)53-25-11-4-12-26-53)47-71(70)59-42-57(62-33-17-29-50-27-13-15-31-60(50)62)41-58(43-59)63-34-18-30-51-28-14-16-32-61(51)63/h1-15,17-31,33-47H,16,32H2. The van der Waals surface area contributed by atoms with Crippen LogP contribution in [-0.4, -0.2) is 4.57 Å². The summed E-state index contributed by atoms with van der Waals surface area (Å²) < 4.78 is 2.46. The van der Waals surface area contributed by atoms with E-state index in [0.717, 1.165) is 24.0 Å². The maximum Gasteiger partial charge on any atom is 0.0535 e. The summed E-state index contributed by atoms with van der Waals surface area (Å²) in [7, 11) is 0. The first-order valence-electron chi connectivity index (χ1n) is 24.8. The van der Waals surface area contributed by atoms with Crippen molar-refractivity contribution >= 4 is 27.8 Å². The van der Waals surface area contributed by atoms with Gasteiger partial charge in [0.15, 0.2) is 0 Å². The van der Waals surface area contributed by atoms with E-state index in [2.05, 4.69) is 278 Å². The van der Waals surface area contributed by atoms with Gasteiger partial charge in [-0.1, -0.05) is 224 Å². The van der Waals surface area contributed by atoms with Crippen LogP contribution in [0.15, 0.2) is 267 Å². The molecule has 334 valence electrons. The zero-order chi connectivity index (χ0) is 47.1. The minimum atomic E-state index is 1.02. The topological polar surface area (TPSA) is 4.93 Å². The van der Waals surface area contributed by atoms with Gasteiger partial charge in [0.1, 0.15) is 0 Å². The van der Waals surface area contributed by atoms with Gasteiger partial charge in [0.05, 0.1) is 5.52 Å². The third-order valence-corrected chi connectivity index (χ3v) is 14.5. The van der Waals surface area contributed by atoms with Crippen molar-refractivity contribution in [3.05, 3.63) is 278 Å². The summed E-state index contributed by atoms with van der Waals surface area (Å²) >= 11 is 0. The predicted molar refractivity (Wildman–Crippen MR) is 302 cm³/mol. The maximum atomic E-state index is 2.46. The Morgan fingerprint density at radius 3 is 1.54 bits per heavy atom.